The Morgan fingerprint density at radius 1 is 1.11 bits per heavy atom. The number of halogens is 4. The summed E-state index contributed by atoms with van der Waals surface area (Å²) in [5.41, 5.74) is 1.77. The fraction of sp³-hybridized carbons (Fsp3) is 0.231. The monoisotopic (exact) mass is 426 g/mol. The average molecular weight is 428 g/mol. The lowest BCUT2D eigenvalue weighted by molar-refractivity contribution is 0.867. The van der Waals surface area contributed by atoms with E-state index in [0.717, 1.165) is 27.7 Å². The van der Waals surface area contributed by atoms with E-state index in [4.69, 9.17) is 34.8 Å². The second-order valence-corrected chi connectivity index (χ2v) is 6.23. The Labute approximate surface area is 140 Å². The molecular weight excluding hydrogens is 417 g/mol. The van der Waals surface area contributed by atoms with Crippen LogP contribution in [0, 0.1) is 3.57 Å². The summed E-state index contributed by atoms with van der Waals surface area (Å²) in [6.45, 7) is 2.10. The maximum atomic E-state index is 6.16. The number of aromatic nitrogens is 2. The van der Waals surface area contributed by atoms with Gasteiger partial charge in [-0.3, -0.25) is 0 Å². The quantitative estimate of drug-likeness (QED) is 0.467. The number of hydrogen-bond donors (Lipinski definition) is 0. The summed E-state index contributed by atoms with van der Waals surface area (Å²) >= 11 is 20.2. The zero-order valence-electron chi connectivity index (χ0n) is 10.1. The highest BCUT2D eigenvalue weighted by Crippen LogP contribution is 2.29. The smallest absolute Gasteiger partial charge is 0.161 e. The minimum absolute atomic E-state index is 0.472. The molecule has 100 valence electrons. The molecule has 0 aliphatic rings. The number of rotatable bonds is 3. The number of nitrogens with zero attached hydrogens (tertiary/aromatic N) is 2. The van der Waals surface area contributed by atoms with E-state index in [9.17, 15) is 0 Å². The molecule has 0 amide bonds. The summed E-state index contributed by atoms with van der Waals surface area (Å²) in [7, 11) is 0. The first kappa shape index (κ1) is 15.3. The van der Waals surface area contributed by atoms with Gasteiger partial charge in [0.05, 0.1) is 19.3 Å². The van der Waals surface area contributed by atoms with E-state index in [1.165, 1.54) is 0 Å². The van der Waals surface area contributed by atoms with Crippen molar-refractivity contribution in [3.63, 3.8) is 0 Å². The maximum absolute atomic E-state index is 6.16. The van der Waals surface area contributed by atoms with Crippen LogP contribution in [0.4, 0.5) is 0 Å². The highest BCUT2D eigenvalue weighted by atomic mass is 127. The summed E-state index contributed by atoms with van der Waals surface area (Å²) in [6.07, 6.45) is 1.87. The maximum Gasteiger partial charge on any atom is 0.161 e. The number of hydrogen-bond acceptors (Lipinski definition) is 2. The van der Waals surface area contributed by atoms with Crippen LogP contribution in [0.25, 0.3) is 11.4 Å². The third-order valence-electron chi connectivity index (χ3n) is 2.54. The zero-order valence-corrected chi connectivity index (χ0v) is 14.5. The van der Waals surface area contributed by atoms with E-state index < -0.39 is 0 Å². The SMILES string of the molecule is CCCc1nc(-c2ccc(Cl)c(Cl)c2)nc(Cl)c1I. The van der Waals surface area contributed by atoms with E-state index in [2.05, 4.69) is 39.5 Å². The molecule has 0 atom stereocenters. The molecule has 0 radical (unpaired) electrons. The standard InChI is InChI=1S/C13H10Cl3IN2/c1-2-3-10-11(17)12(16)19-13(18-10)7-4-5-8(14)9(15)6-7/h4-6H,2-3H2,1H3. The Bertz CT molecular complexity index is 617. The molecule has 1 aromatic carbocycles. The summed E-state index contributed by atoms with van der Waals surface area (Å²) in [5.74, 6) is 0.576. The Balaban J connectivity index is 2.52. The van der Waals surface area contributed by atoms with Crippen LogP contribution in [0.2, 0.25) is 15.2 Å². The van der Waals surface area contributed by atoms with Gasteiger partial charge in [-0.25, -0.2) is 9.97 Å². The third-order valence-corrected chi connectivity index (χ3v) is 5.01. The Morgan fingerprint density at radius 3 is 2.47 bits per heavy atom. The van der Waals surface area contributed by atoms with Gasteiger partial charge in [0.25, 0.3) is 0 Å². The molecule has 0 fully saturated rings. The molecule has 2 rings (SSSR count). The van der Waals surface area contributed by atoms with Gasteiger partial charge in [-0.15, -0.1) is 0 Å². The first-order chi connectivity index (χ1) is 9.02. The molecule has 0 bridgehead atoms. The van der Waals surface area contributed by atoms with Crippen LogP contribution in [0.5, 0.6) is 0 Å². The number of aryl methyl sites for hydroxylation is 1. The van der Waals surface area contributed by atoms with Crippen molar-refractivity contribution in [3.8, 4) is 11.4 Å². The zero-order chi connectivity index (χ0) is 14.0. The molecule has 1 aromatic heterocycles. The highest BCUT2D eigenvalue weighted by molar-refractivity contribution is 14.1. The normalized spacial score (nSPS) is 10.8. The molecule has 0 saturated carbocycles. The lowest BCUT2D eigenvalue weighted by Crippen LogP contribution is -2.00. The second-order valence-electron chi connectivity index (χ2n) is 3.98. The van der Waals surface area contributed by atoms with Crippen molar-refractivity contribution >= 4 is 57.4 Å². The van der Waals surface area contributed by atoms with Crippen LogP contribution in [-0.4, -0.2) is 9.97 Å². The fourth-order valence-electron chi connectivity index (χ4n) is 1.63. The van der Waals surface area contributed by atoms with Gasteiger partial charge in [-0.1, -0.05) is 48.1 Å². The van der Waals surface area contributed by atoms with Gasteiger partial charge in [0.15, 0.2) is 5.82 Å². The van der Waals surface area contributed by atoms with Gasteiger partial charge in [0.2, 0.25) is 0 Å². The van der Waals surface area contributed by atoms with Gasteiger partial charge in [-0.05, 0) is 47.2 Å². The van der Waals surface area contributed by atoms with Gasteiger partial charge in [0.1, 0.15) is 5.15 Å². The van der Waals surface area contributed by atoms with Crippen molar-refractivity contribution in [2.24, 2.45) is 0 Å². The summed E-state index contributed by atoms with van der Waals surface area (Å²) in [6, 6.07) is 5.31. The average Bonchev–Trinajstić information content (AvgIpc) is 2.38. The van der Waals surface area contributed by atoms with E-state index in [1.54, 1.807) is 12.1 Å². The van der Waals surface area contributed by atoms with Crippen molar-refractivity contribution in [3.05, 3.63) is 42.7 Å². The van der Waals surface area contributed by atoms with Crippen molar-refractivity contribution < 1.29 is 0 Å². The van der Waals surface area contributed by atoms with Crippen molar-refractivity contribution in [1.82, 2.24) is 9.97 Å². The van der Waals surface area contributed by atoms with E-state index in [-0.39, 0.29) is 0 Å². The van der Waals surface area contributed by atoms with Gasteiger partial charge in [0, 0.05) is 5.56 Å². The van der Waals surface area contributed by atoms with E-state index >= 15 is 0 Å². The third kappa shape index (κ3) is 3.51. The Hall–Kier alpha value is -0.100. The topological polar surface area (TPSA) is 25.8 Å². The predicted molar refractivity (Wildman–Crippen MR) is 89.2 cm³/mol. The van der Waals surface area contributed by atoms with Crippen molar-refractivity contribution in [2.45, 2.75) is 19.8 Å². The van der Waals surface area contributed by atoms with Crippen LogP contribution in [-0.2, 0) is 6.42 Å². The first-order valence-corrected chi connectivity index (χ1v) is 7.91. The molecular formula is C13H10Cl3IN2. The van der Waals surface area contributed by atoms with E-state index in [0.29, 0.717) is 21.0 Å². The molecule has 0 spiro atoms. The van der Waals surface area contributed by atoms with Crippen molar-refractivity contribution in [1.29, 1.82) is 0 Å². The van der Waals surface area contributed by atoms with E-state index in [1.807, 2.05) is 6.07 Å². The minimum Gasteiger partial charge on any atom is -0.232 e. The molecule has 2 aromatic rings. The molecule has 0 aliphatic heterocycles. The fourth-order valence-corrected chi connectivity index (χ4v) is 2.63. The predicted octanol–water partition coefficient (Wildman–Crippen LogP) is 5.66. The molecule has 1 heterocycles. The molecule has 0 saturated heterocycles. The van der Waals surface area contributed by atoms with Crippen LogP contribution < -0.4 is 0 Å². The molecule has 2 nitrogen and oxygen atoms in total. The second kappa shape index (κ2) is 6.57. The number of benzene rings is 1. The van der Waals surface area contributed by atoms with Crippen molar-refractivity contribution in [2.75, 3.05) is 0 Å². The largest absolute Gasteiger partial charge is 0.232 e. The van der Waals surface area contributed by atoms with Crippen LogP contribution in [0.1, 0.15) is 19.0 Å². The van der Waals surface area contributed by atoms with Crippen LogP contribution in [0.15, 0.2) is 18.2 Å². The summed E-state index contributed by atoms with van der Waals surface area (Å²) < 4.78 is 0.907. The lowest BCUT2D eigenvalue weighted by Gasteiger charge is -2.08. The van der Waals surface area contributed by atoms with Gasteiger partial charge in [-0.2, -0.15) is 0 Å². The Morgan fingerprint density at radius 2 is 1.84 bits per heavy atom. The molecule has 19 heavy (non-hydrogen) atoms. The lowest BCUT2D eigenvalue weighted by atomic mass is 10.2. The molecule has 0 aliphatic carbocycles. The molecule has 6 heteroatoms. The molecule has 0 N–H and O–H groups in total. The summed E-state index contributed by atoms with van der Waals surface area (Å²) in [5, 5.41) is 1.46. The van der Waals surface area contributed by atoms with Crippen LogP contribution >= 0.6 is 57.4 Å². The van der Waals surface area contributed by atoms with Crippen LogP contribution in [0.3, 0.4) is 0 Å². The van der Waals surface area contributed by atoms with Gasteiger partial charge < -0.3 is 0 Å². The minimum atomic E-state index is 0.472. The molecule has 0 unspecified atom stereocenters. The first-order valence-electron chi connectivity index (χ1n) is 5.70. The van der Waals surface area contributed by atoms with Gasteiger partial charge >= 0.3 is 0 Å². The highest BCUT2D eigenvalue weighted by Gasteiger charge is 2.12. The summed E-state index contributed by atoms with van der Waals surface area (Å²) in [4.78, 5) is 8.86. The Kier molecular flexibility index (Phi) is 5.29.